The molecule has 0 aliphatic rings. The van der Waals surface area contributed by atoms with Gasteiger partial charge in [0, 0.05) is 18.0 Å². The number of benzene rings is 2. The zero-order valence-electron chi connectivity index (χ0n) is 13.3. The highest BCUT2D eigenvalue weighted by Crippen LogP contribution is 2.24. The quantitative estimate of drug-likeness (QED) is 0.606. The SMILES string of the molecule is Cc1cc2nc(NCC(O)c3ccccc3)c3ccccc3n2n1. The van der Waals surface area contributed by atoms with E-state index in [1.807, 2.05) is 72.1 Å². The summed E-state index contributed by atoms with van der Waals surface area (Å²) in [7, 11) is 0. The molecule has 0 fully saturated rings. The summed E-state index contributed by atoms with van der Waals surface area (Å²) in [5, 5.41) is 19.1. The molecule has 2 heterocycles. The van der Waals surface area contributed by atoms with Crippen LogP contribution in [0.3, 0.4) is 0 Å². The minimum atomic E-state index is -0.588. The summed E-state index contributed by atoms with van der Waals surface area (Å²) in [6, 6.07) is 19.6. The molecule has 4 aromatic rings. The molecular formula is C19H18N4O. The van der Waals surface area contributed by atoms with Crippen LogP contribution in [0.4, 0.5) is 5.82 Å². The lowest BCUT2D eigenvalue weighted by Gasteiger charge is -2.14. The third-order valence-electron chi connectivity index (χ3n) is 4.07. The molecule has 4 rings (SSSR count). The molecular weight excluding hydrogens is 300 g/mol. The van der Waals surface area contributed by atoms with Crippen molar-refractivity contribution in [1.29, 1.82) is 0 Å². The molecule has 2 aromatic heterocycles. The van der Waals surface area contributed by atoms with Crippen molar-refractivity contribution in [2.24, 2.45) is 0 Å². The molecule has 2 aromatic carbocycles. The third-order valence-corrected chi connectivity index (χ3v) is 4.07. The highest BCUT2D eigenvalue weighted by molar-refractivity contribution is 5.91. The van der Waals surface area contributed by atoms with Gasteiger partial charge in [-0.3, -0.25) is 0 Å². The van der Waals surface area contributed by atoms with Gasteiger partial charge in [-0.25, -0.2) is 9.50 Å². The Hall–Kier alpha value is -2.92. The van der Waals surface area contributed by atoms with Crippen molar-refractivity contribution in [3.05, 3.63) is 71.9 Å². The van der Waals surface area contributed by atoms with E-state index in [1.54, 1.807) is 0 Å². The number of aliphatic hydroxyl groups is 1. The number of aromatic nitrogens is 3. The minimum Gasteiger partial charge on any atom is -0.387 e. The molecule has 5 nitrogen and oxygen atoms in total. The van der Waals surface area contributed by atoms with Crippen LogP contribution in [0.25, 0.3) is 16.6 Å². The summed E-state index contributed by atoms with van der Waals surface area (Å²) in [4.78, 5) is 4.67. The van der Waals surface area contributed by atoms with E-state index in [-0.39, 0.29) is 0 Å². The average Bonchev–Trinajstić information content (AvgIpc) is 3.00. The van der Waals surface area contributed by atoms with Crippen LogP contribution in [-0.4, -0.2) is 26.2 Å². The Labute approximate surface area is 139 Å². The van der Waals surface area contributed by atoms with Gasteiger partial charge in [-0.05, 0) is 24.6 Å². The van der Waals surface area contributed by atoms with Gasteiger partial charge in [-0.2, -0.15) is 5.10 Å². The molecule has 5 heteroatoms. The predicted molar refractivity (Wildman–Crippen MR) is 95.1 cm³/mol. The fourth-order valence-electron chi connectivity index (χ4n) is 2.90. The maximum absolute atomic E-state index is 10.4. The number of aliphatic hydroxyl groups excluding tert-OH is 1. The van der Waals surface area contributed by atoms with Crippen molar-refractivity contribution in [3.63, 3.8) is 0 Å². The van der Waals surface area contributed by atoms with Crippen LogP contribution < -0.4 is 5.32 Å². The number of anilines is 1. The molecule has 0 bridgehead atoms. The van der Waals surface area contributed by atoms with E-state index >= 15 is 0 Å². The van der Waals surface area contributed by atoms with Crippen molar-refractivity contribution >= 4 is 22.4 Å². The molecule has 24 heavy (non-hydrogen) atoms. The maximum atomic E-state index is 10.4. The number of rotatable bonds is 4. The second-order valence-electron chi connectivity index (χ2n) is 5.84. The first-order valence-electron chi connectivity index (χ1n) is 7.94. The van der Waals surface area contributed by atoms with Gasteiger partial charge in [-0.15, -0.1) is 0 Å². The van der Waals surface area contributed by atoms with E-state index in [1.165, 1.54) is 0 Å². The number of nitrogens with zero attached hydrogens (tertiary/aromatic N) is 3. The molecule has 0 saturated heterocycles. The van der Waals surface area contributed by atoms with E-state index in [0.717, 1.165) is 33.6 Å². The van der Waals surface area contributed by atoms with Crippen LogP contribution in [0.2, 0.25) is 0 Å². The molecule has 0 spiro atoms. The predicted octanol–water partition coefficient (Wildman–Crippen LogP) is 3.34. The van der Waals surface area contributed by atoms with Gasteiger partial charge in [-0.1, -0.05) is 42.5 Å². The van der Waals surface area contributed by atoms with Crippen LogP contribution in [0, 0.1) is 6.92 Å². The van der Waals surface area contributed by atoms with Crippen LogP contribution in [0.15, 0.2) is 60.7 Å². The molecule has 0 saturated carbocycles. The molecule has 1 unspecified atom stereocenters. The first kappa shape index (κ1) is 14.7. The minimum absolute atomic E-state index is 0.393. The highest BCUT2D eigenvalue weighted by Gasteiger charge is 2.12. The lowest BCUT2D eigenvalue weighted by atomic mass is 10.1. The Morgan fingerprint density at radius 3 is 2.67 bits per heavy atom. The van der Waals surface area contributed by atoms with Gasteiger partial charge in [0.2, 0.25) is 0 Å². The average molecular weight is 318 g/mol. The van der Waals surface area contributed by atoms with Gasteiger partial charge < -0.3 is 10.4 Å². The van der Waals surface area contributed by atoms with Gasteiger partial charge in [0.1, 0.15) is 5.82 Å². The number of hydrogen-bond donors (Lipinski definition) is 2. The van der Waals surface area contributed by atoms with Crippen molar-refractivity contribution < 1.29 is 5.11 Å². The molecule has 0 radical (unpaired) electrons. The van der Waals surface area contributed by atoms with Crippen molar-refractivity contribution in [2.45, 2.75) is 13.0 Å². The topological polar surface area (TPSA) is 62.5 Å². The van der Waals surface area contributed by atoms with E-state index in [9.17, 15) is 5.11 Å². The second-order valence-corrected chi connectivity index (χ2v) is 5.84. The zero-order chi connectivity index (χ0) is 16.5. The van der Waals surface area contributed by atoms with Crippen LogP contribution >= 0.6 is 0 Å². The van der Waals surface area contributed by atoms with E-state index < -0.39 is 6.10 Å². The van der Waals surface area contributed by atoms with Crippen LogP contribution in [0.1, 0.15) is 17.4 Å². The van der Waals surface area contributed by atoms with Crippen molar-refractivity contribution in [1.82, 2.24) is 14.6 Å². The lowest BCUT2D eigenvalue weighted by molar-refractivity contribution is 0.191. The summed E-state index contributed by atoms with van der Waals surface area (Å²) >= 11 is 0. The van der Waals surface area contributed by atoms with Gasteiger partial charge >= 0.3 is 0 Å². The van der Waals surface area contributed by atoms with Crippen LogP contribution in [0.5, 0.6) is 0 Å². The van der Waals surface area contributed by atoms with Crippen molar-refractivity contribution in [3.8, 4) is 0 Å². The van der Waals surface area contributed by atoms with E-state index in [0.29, 0.717) is 6.54 Å². The number of nitrogens with one attached hydrogen (secondary N) is 1. The summed E-state index contributed by atoms with van der Waals surface area (Å²) in [5.41, 5.74) is 3.60. The second kappa shape index (κ2) is 5.94. The molecule has 0 aliphatic heterocycles. The number of aryl methyl sites for hydroxylation is 1. The number of hydrogen-bond acceptors (Lipinski definition) is 4. The lowest BCUT2D eigenvalue weighted by Crippen LogP contribution is -2.13. The molecule has 1 atom stereocenters. The molecule has 0 amide bonds. The highest BCUT2D eigenvalue weighted by atomic mass is 16.3. The summed E-state index contributed by atoms with van der Waals surface area (Å²) < 4.78 is 1.85. The molecule has 120 valence electrons. The normalized spacial score (nSPS) is 12.6. The molecule has 0 aliphatic carbocycles. The van der Waals surface area contributed by atoms with Gasteiger partial charge in [0.05, 0.1) is 17.3 Å². The summed E-state index contributed by atoms with van der Waals surface area (Å²) in [6.07, 6.45) is -0.588. The Morgan fingerprint density at radius 2 is 1.83 bits per heavy atom. The monoisotopic (exact) mass is 318 g/mol. The number of para-hydroxylation sites is 1. The maximum Gasteiger partial charge on any atom is 0.158 e. The smallest absolute Gasteiger partial charge is 0.158 e. The first-order chi connectivity index (χ1) is 11.7. The molecule has 2 N–H and O–H groups in total. The number of fused-ring (bicyclic) bond motifs is 3. The fraction of sp³-hybridized carbons (Fsp3) is 0.158. The first-order valence-corrected chi connectivity index (χ1v) is 7.94. The summed E-state index contributed by atoms with van der Waals surface area (Å²) in [5.74, 6) is 0.757. The zero-order valence-corrected chi connectivity index (χ0v) is 13.3. The summed E-state index contributed by atoms with van der Waals surface area (Å²) in [6.45, 7) is 2.35. The van der Waals surface area contributed by atoms with Crippen molar-refractivity contribution in [2.75, 3.05) is 11.9 Å². The Kier molecular flexibility index (Phi) is 3.63. The van der Waals surface area contributed by atoms with E-state index in [4.69, 9.17) is 0 Å². The standard InChI is InChI=1S/C19H18N4O/c1-13-11-18-21-19(15-9-5-6-10-16(15)23(18)22-13)20-12-17(24)14-7-3-2-4-8-14/h2-11,17,24H,12H2,1H3,(H,20,21). The van der Waals surface area contributed by atoms with E-state index in [2.05, 4.69) is 15.4 Å². The van der Waals surface area contributed by atoms with Gasteiger partial charge in [0.25, 0.3) is 0 Å². The fourth-order valence-corrected chi connectivity index (χ4v) is 2.90. The Bertz CT molecular complexity index is 994. The largest absolute Gasteiger partial charge is 0.387 e. The van der Waals surface area contributed by atoms with Crippen LogP contribution in [-0.2, 0) is 0 Å². The van der Waals surface area contributed by atoms with Gasteiger partial charge in [0.15, 0.2) is 5.65 Å². The third kappa shape index (κ3) is 2.59. The Balaban J connectivity index is 1.70. The Morgan fingerprint density at radius 1 is 1.08 bits per heavy atom.